The van der Waals surface area contributed by atoms with Crippen LogP contribution in [0, 0.1) is 0 Å². The maximum atomic E-state index is 13.0. The van der Waals surface area contributed by atoms with Crippen molar-refractivity contribution in [3.8, 4) is 5.75 Å². The Bertz CT molecular complexity index is 1200. The molecule has 0 fully saturated rings. The van der Waals surface area contributed by atoms with E-state index < -0.39 is 11.7 Å². The quantitative estimate of drug-likeness (QED) is 0.349. The summed E-state index contributed by atoms with van der Waals surface area (Å²) in [6.45, 7) is 2.96. The summed E-state index contributed by atoms with van der Waals surface area (Å²) in [6.07, 6.45) is 2.51. The molecular weight excluding hydrogens is 483 g/mol. The lowest BCUT2D eigenvalue weighted by molar-refractivity contribution is -0.140. The minimum atomic E-state index is -4.37. The third-order valence-electron chi connectivity index (χ3n) is 6.50. The van der Waals surface area contributed by atoms with Crippen LogP contribution in [0.2, 0.25) is 0 Å². The highest BCUT2D eigenvalue weighted by atomic mass is 19.4. The van der Waals surface area contributed by atoms with Gasteiger partial charge in [-0.1, -0.05) is 31.2 Å². The van der Waals surface area contributed by atoms with E-state index >= 15 is 0 Å². The van der Waals surface area contributed by atoms with E-state index in [-0.39, 0.29) is 18.5 Å². The third kappa shape index (κ3) is 6.99. The van der Waals surface area contributed by atoms with Crippen LogP contribution < -0.4 is 9.64 Å². The molecule has 0 N–H and O–H groups in total. The fourth-order valence-corrected chi connectivity index (χ4v) is 4.29. The number of carbonyl (C=O) groups excluding carboxylic acids is 1. The van der Waals surface area contributed by atoms with Gasteiger partial charge in [-0.3, -0.25) is 4.79 Å². The number of ether oxygens (including phenoxy) is 2. The van der Waals surface area contributed by atoms with Gasteiger partial charge in [-0.15, -0.1) is 0 Å². The van der Waals surface area contributed by atoms with Crippen LogP contribution in [0.3, 0.4) is 0 Å². The van der Waals surface area contributed by atoms with Crippen LogP contribution in [0.1, 0.15) is 47.6 Å². The zero-order valence-electron chi connectivity index (χ0n) is 20.9. The Morgan fingerprint density at radius 1 is 1.08 bits per heavy atom. The van der Waals surface area contributed by atoms with Gasteiger partial charge in [0, 0.05) is 31.9 Å². The monoisotopic (exact) mass is 513 g/mol. The van der Waals surface area contributed by atoms with Crippen LogP contribution in [0.4, 0.5) is 19.1 Å². The van der Waals surface area contributed by atoms with Crippen LogP contribution in [0.5, 0.6) is 5.75 Å². The van der Waals surface area contributed by atoms with Gasteiger partial charge < -0.3 is 14.4 Å². The Morgan fingerprint density at radius 2 is 1.78 bits per heavy atom. The van der Waals surface area contributed by atoms with Gasteiger partial charge in [-0.25, -0.2) is 9.97 Å². The topological polar surface area (TPSA) is 64.6 Å². The molecule has 0 bridgehead atoms. The van der Waals surface area contributed by atoms with Crippen LogP contribution >= 0.6 is 0 Å². The molecule has 3 aromatic rings. The van der Waals surface area contributed by atoms with E-state index in [0.717, 1.165) is 59.4 Å². The van der Waals surface area contributed by atoms with Crippen molar-refractivity contribution in [2.24, 2.45) is 0 Å². The Labute approximate surface area is 214 Å². The average Bonchev–Trinajstić information content (AvgIpc) is 2.90. The normalized spacial score (nSPS) is 15.0. The largest absolute Gasteiger partial charge is 0.490 e. The molecule has 0 saturated heterocycles. The van der Waals surface area contributed by atoms with Crippen molar-refractivity contribution in [2.45, 2.75) is 57.9 Å². The van der Waals surface area contributed by atoms with Gasteiger partial charge in [0.15, 0.2) is 0 Å². The highest BCUT2D eigenvalue weighted by Gasteiger charge is 2.30. The maximum absolute atomic E-state index is 13.0. The van der Waals surface area contributed by atoms with E-state index in [1.807, 2.05) is 30.0 Å². The second-order valence-corrected chi connectivity index (χ2v) is 9.12. The molecule has 2 heterocycles. The molecule has 0 spiro atoms. The van der Waals surface area contributed by atoms with Crippen molar-refractivity contribution in [1.29, 1.82) is 0 Å². The number of rotatable bonds is 9. The number of hydrogen-bond donors (Lipinski definition) is 0. The maximum Gasteiger partial charge on any atom is 0.416 e. The van der Waals surface area contributed by atoms with Crippen molar-refractivity contribution in [2.75, 3.05) is 18.6 Å². The molecule has 37 heavy (non-hydrogen) atoms. The smallest absolute Gasteiger partial charge is 0.416 e. The van der Waals surface area contributed by atoms with Crippen molar-refractivity contribution in [3.05, 3.63) is 82.7 Å². The second kappa shape index (κ2) is 11.6. The zero-order chi connectivity index (χ0) is 26.4. The number of nitrogens with zero attached hydrogens (tertiary/aromatic N) is 3. The van der Waals surface area contributed by atoms with E-state index in [9.17, 15) is 18.0 Å². The minimum absolute atomic E-state index is 0.0501. The molecule has 1 unspecified atom stereocenters. The summed E-state index contributed by atoms with van der Waals surface area (Å²) in [5.74, 6) is 0.990. The van der Waals surface area contributed by atoms with Gasteiger partial charge in [0.25, 0.3) is 0 Å². The first-order valence-electron chi connectivity index (χ1n) is 12.3. The molecule has 1 aliphatic heterocycles. The molecule has 1 aliphatic rings. The standard InChI is InChI=1S/C28H30F3N3O3/c1-3-19-16-32-27(33-17-19)34(18-20-5-9-23(10-6-20)28(29,30)31)13-12-24-11-8-22-7-4-21(14-25(22)37-24)15-26(35)36-2/h4-7,9-10,14,16-17,24H,3,8,11-13,15,18H2,1-2H3. The number of carbonyl (C=O) groups is 1. The Hall–Kier alpha value is -3.62. The molecule has 9 heteroatoms. The molecule has 1 aromatic heterocycles. The molecule has 0 saturated carbocycles. The lowest BCUT2D eigenvalue weighted by atomic mass is 9.98. The van der Waals surface area contributed by atoms with Gasteiger partial charge in [0.2, 0.25) is 5.95 Å². The van der Waals surface area contributed by atoms with Crippen molar-refractivity contribution < 1.29 is 27.4 Å². The lowest BCUT2D eigenvalue weighted by Gasteiger charge is -2.29. The summed E-state index contributed by atoms with van der Waals surface area (Å²) in [5, 5.41) is 0. The first kappa shape index (κ1) is 26.4. The molecule has 0 amide bonds. The number of methoxy groups -OCH3 is 1. The van der Waals surface area contributed by atoms with E-state index in [0.29, 0.717) is 25.5 Å². The number of halogens is 3. The van der Waals surface area contributed by atoms with Gasteiger partial charge in [0.05, 0.1) is 19.1 Å². The van der Waals surface area contributed by atoms with E-state index in [4.69, 9.17) is 9.47 Å². The van der Waals surface area contributed by atoms with Crippen LogP contribution in [0.15, 0.2) is 54.9 Å². The van der Waals surface area contributed by atoms with Crippen molar-refractivity contribution >= 4 is 11.9 Å². The van der Waals surface area contributed by atoms with E-state index in [1.54, 1.807) is 12.4 Å². The van der Waals surface area contributed by atoms with Crippen molar-refractivity contribution in [1.82, 2.24) is 9.97 Å². The fourth-order valence-electron chi connectivity index (χ4n) is 4.29. The molecule has 4 rings (SSSR count). The van der Waals surface area contributed by atoms with Crippen LogP contribution in [-0.2, 0) is 41.5 Å². The predicted octanol–water partition coefficient (Wildman–Crippen LogP) is 5.56. The molecule has 2 aromatic carbocycles. The number of fused-ring (bicyclic) bond motifs is 1. The average molecular weight is 514 g/mol. The summed E-state index contributed by atoms with van der Waals surface area (Å²) in [4.78, 5) is 22.6. The molecule has 0 radical (unpaired) electrons. The van der Waals surface area contributed by atoms with Crippen molar-refractivity contribution in [3.63, 3.8) is 0 Å². The van der Waals surface area contributed by atoms with Gasteiger partial charge in [0.1, 0.15) is 11.9 Å². The Kier molecular flexibility index (Phi) is 8.31. The summed E-state index contributed by atoms with van der Waals surface area (Å²) in [6, 6.07) is 11.0. The lowest BCUT2D eigenvalue weighted by Crippen LogP contribution is -2.32. The van der Waals surface area contributed by atoms with Gasteiger partial charge >= 0.3 is 12.1 Å². The highest BCUT2D eigenvalue weighted by molar-refractivity contribution is 5.72. The van der Waals surface area contributed by atoms with E-state index in [1.165, 1.54) is 19.2 Å². The van der Waals surface area contributed by atoms with Crippen LogP contribution in [-0.4, -0.2) is 35.7 Å². The third-order valence-corrected chi connectivity index (χ3v) is 6.50. The first-order chi connectivity index (χ1) is 17.7. The SMILES string of the molecule is CCc1cnc(N(CCC2CCc3ccc(CC(=O)OC)cc3O2)Cc2ccc(C(F)(F)F)cc2)nc1. The number of aryl methyl sites for hydroxylation is 2. The summed E-state index contributed by atoms with van der Waals surface area (Å²) in [7, 11) is 1.36. The number of esters is 1. The molecule has 0 aliphatic carbocycles. The number of hydrogen-bond acceptors (Lipinski definition) is 6. The minimum Gasteiger partial charge on any atom is -0.490 e. The molecule has 1 atom stereocenters. The second-order valence-electron chi connectivity index (χ2n) is 9.12. The zero-order valence-corrected chi connectivity index (χ0v) is 20.9. The Morgan fingerprint density at radius 3 is 2.43 bits per heavy atom. The summed E-state index contributed by atoms with van der Waals surface area (Å²) in [5.41, 5.74) is 3.00. The molecular formula is C28H30F3N3O3. The van der Waals surface area contributed by atoms with Crippen LogP contribution in [0.25, 0.3) is 0 Å². The number of anilines is 1. The molecule has 6 nitrogen and oxygen atoms in total. The molecule has 196 valence electrons. The summed E-state index contributed by atoms with van der Waals surface area (Å²) >= 11 is 0. The Balaban J connectivity index is 1.46. The van der Waals surface area contributed by atoms with E-state index in [2.05, 4.69) is 9.97 Å². The summed E-state index contributed by atoms with van der Waals surface area (Å²) < 4.78 is 50.0. The first-order valence-corrected chi connectivity index (χ1v) is 12.3. The predicted molar refractivity (Wildman–Crippen MR) is 133 cm³/mol. The fraction of sp³-hybridized carbons (Fsp3) is 0.393. The number of benzene rings is 2. The van der Waals surface area contributed by atoms with Gasteiger partial charge in [-0.05, 0) is 59.7 Å². The highest BCUT2D eigenvalue weighted by Crippen LogP contribution is 2.31. The number of aromatic nitrogens is 2. The van der Waals surface area contributed by atoms with Gasteiger partial charge in [-0.2, -0.15) is 13.2 Å². The number of alkyl halides is 3.